The van der Waals surface area contributed by atoms with Crippen molar-refractivity contribution in [3.05, 3.63) is 28.2 Å². The van der Waals surface area contributed by atoms with E-state index in [1.165, 1.54) is 11.3 Å². The Bertz CT molecular complexity index is 464. The van der Waals surface area contributed by atoms with Crippen LogP contribution < -0.4 is 15.5 Å². The van der Waals surface area contributed by atoms with Gasteiger partial charge in [0, 0.05) is 37.1 Å². The predicted molar refractivity (Wildman–Crippen MR) is 81.3 cm³/mol. The minimum Gasteiger partial charge on any atom is -0.368 e. The Hall–Kier alpha value is -1.07. The molecule has 0 spiro atoms. The maximum atomic E-state index is 11.1. The number of hydrogen-bond acceptors (Lipinski definition) is 3. The van der Waals surface area contributed by atoms with Gasteiger partial charge in [-0.05, 0) is 47.1 Å². The van der Waals surface area contributed by atoms with Gasteiger partial charge in [0.25, 0.3) is 0 Å². The highest BCUT2D eigenvalue weighted by Gasteiger charge is 2.24. The summed E-state index contributed by atoms with van der Waals surface area (Å²) in [6.45, 7) is 4.30. The fourth-order valence-electron chi connectivity index (χ4n) is 2.51. The lowest BCUT2D eigenvalue weighted by molar-refractivity contribution is -0.119. The molecular formula is C14H20BrN3O. The van der Waals surface area contributed by atoms with Crippen LogP contribution in [0.5, 0.6) is 0 Å². The van der Waals surface area contributed by atoms with Crippen LogP contribution in [-0.4, -0.2) is 32.1 Å². The van der Waals surface area contributed by atoms with Crippen molar-refractivity contribution in [2.75, 3.05) is 25.0 Å². The summed E-state index contributed by atoms with van der Waals surface area (Å²) in [4.78, 5) is 13.4. The summed E-state index contributed by atoms with van der Waals surface area (Å²) < 4.78 is 1.11. The second-order valence-corrected chi connectivity index (χ2v) is 5.80. The maximum absolute atomic E-state index is 11.1. The van der Waals surface area contributed by atoms with Gasteiger partial charge in [0.2, 0.25) is 5.91 Å². The Morgan fingerprint density at radius 3 is 2.95 bits per heavy atom. The third-order valence-corrected chi connectivity index (χ3v) is 3.96. The topological polar surface area (TPSA) is 44.4 Å². The van der Waals surface area contributed by atoms with E-state index in [4.69, 9.17) is 0 Å². The van der Waals surface area contributed by atoms with Crippen molar-refractivity contribution in [1.82, 2.24) is 10.6 Å². The molecule has 1 aromatic rings. The molecule has 1 amide bonds. The van der Waals surface area contributed by atoms with Crippen LogP contribution in [0.25, 0.3) is 0 Å². The monoisotopic (exact) mass is 325 g/mol. The number of nitrogens with zero attached hydrogens (tertiary/aromatic N) is 1. The van der Waals surface area contributed by atoms with Crippen LogP contribution in [0.2, 0.25) is 0 Å². The first-order valence-electron chi connectivity index (χ1n) is 6.55. The summed E-state index contributed by atoms with van der Waals surface area (Å²) in [5.74, 6) is 0.0512. The molecule has 19 heavy (non-hydrogen) atoms. The second-order valence-electron chi connectivity index (χ2n) is 4.95. The van der Waals surface area contributed by atoms with E-state index < -0.39 is 0 Å². The van der Waals surface area contributed by atoms with Gasteiger partial charge in [-0.2, -0.15) is 0 Å². The molecule has 1 unspecified atom stereocenters. The van der Waals surface area contributed by atoms with Crippen molar-refractivity contribution in [1.29, 1.82) is 0 Å². The molecule has 1 fully saturated rings. The molecule has 1 aromatic carbocycles. The van der Waals surface area contributed by atoms with Gasteiger partial charge >= 0.3 is 0 Å². The van der Waals surface area contributed by atoms with E-state index in [0.717, 1.165) is 30.5 Å². The second kappa shape index (κ2) is 6.39. The average molecular weight is 326 g/mol. The first kappa shape index (κ1) is 14.3. The van der Waals surface area contributed by atoms with E-state index in [2.05, 4.69) is 49.7 Å². The van der Waals surface area contributed by atoms with E-state index in [0.29, 0.717) is 0 Å². The lowest BCUT2D eigenvalue weighted by atomic mass is 10.2. The molecule has 1 aliphatic rings. The van der Waals surface area contributed by atoms with Crippen LogP contribution in [0.3, 0.4) is 0 Å². The molecule has 0 saturated carbocycles. The normalized spacial score (nSPS) is 18.7. The summed E-state index contributed by atoms with van der Waals surface area (Å²) in [5.41, 5.74) is 2.46. The first-order valence-corrected chi connectivity index (χ1v) is 7.34. The summed E-state index contributed by atoms with van der Waals surface area (Å²) in [7, 11) is 1.94. The van der Waals surface area contributed by atoms with Gasteiger partial charge < -0.3 is 15.5 Å². The van der Waals surface area contributed by atoms with Crippen molar-refractivity contribution < 1.29 is 4.79 Å². The maximum Gasteiger partial charge on any atom is 0.217 e. The van der Waals surface area contributed by atoms with Gasteiger partial charge in [-0.1, -0.05) is 6.07 Å². The molecule has 0 aromatic heterocycles. The lowest BCUT2D eigenvalue weighted by Gasteiger charge is -2.21. The number of carbonyl (C=O) groups excluding carboxylic acids is 1. The van der Waals surface area contributed by atoms with Crippen LogP contribution >= 0.6 is 15.9 Å². The first-order chi connectivity index (χ1) is 9.10. The number of nitrogens with one attached hydrogen (secondary N) is 2. The molecule has 1 saturated heterocycles. The quantitative estimate of drug-likeness (QED) is 0.888. The molecule has 0 aliphatic carbocycles. The number of hydrogen-bond donors (Lipinski definition) is 2. The molecule has 1 atom stereocenters. The lowest BCUT2D eigenvalue weighted by Crippen LogP contribution is -2.35. The zero-order valence-corrected chi connectivity index (χ0v) is 13.0. The van der Waals surface area contributed by atoms with Gasteiger partial charge in [-0.3, -0.25) is 4.79 Å². The van der Waals surface area contributed by atoms with Crippen LogP contribution in [0.1, 0.15) is 18.9 Å². The van der Waals surface area contributed by atoms with Crippen LogP contribution in [0.4, 0.5) is 5.69 Å². The third kappa shape index (κ3) is 3.70. The molecule has 1 heterocycles. The molecule has 1 aliphatic heterocycles. The highest BCUT2D eigenvalue weighted by atomic mass is 79.9. The number of anilines is 1. The Morgan fingerprint density at radius 1 is 1.53 bits per heavy atom. The van der Waals surface area contributed by atoms with Gasteiger partial charge in [0.1, 0.15) is 0 Å². The Balaban J connectivity index is 2.05. The van der Waals surface area contributed by atoms with Gasteiger partial charge in [0.05, 0.1) is 5.69 Å². The van der Waals surface area contributed by atoms with E-state index in [1.807, 2.05) is 7.05 Å². The van der Waals surface area contributed by atoms with Crippen LogP contribution in [-0.2, 0) is 11.3 Å². The van der Waals surface area contributed by atoms with Crippen LogP contribution in [0.15, 0.2) is 22.7 Å². The highest BCUT2D eigenvalue weighted by Crippen LogP contribution is 2.30. The molecule has 4 nitrogen and oxygen atoms in total. The van der Waals surface area contributed by atoms with Crippen molar-refractivity contribution >= 4 is 27.5 Å². The standard InChI is InChI=1S/C14H20BrN3O/c1-10(19)17-12-5-6-18(9-12)14-4-3-11(8-16-2)7-13(14)15/h3-4,7,12,16H,5-6,8-9H2,1-2H3,(H,17,19). The molecule has 0 radical (unpaired) electrons. The van der Waals surface area contributed by atoms with Gasteiger partial charge in [-0.15, -0.1) is 0 Å². The van der Waals surface area contributed by atoms with E-state index >= 15 is 0 Å². The largest absolute Gasteiger partial charge is 0.368 e. The summed E-state index contributed by atoms with van der Waals surface area (Å²) in [6.07, 6.45) is 1.00. The van der Waals surface area contributed by atoms with Crippen molar-refractivity contribution in [2.45, 2.75) is 25.9 Å². The average Bonchev–Trinajstić information content (AvgIpc) is 2.77. The zero-order valence-electron chi connectivity index (χ0n) is 11.4. The number of rotatable bonds is 4. The highest BCUT2D eigenvalue weighted by molar-refractivity contribution is 9.10. The predicted octanol–water partition coefficient (Wildman–Crippen LogP) is 1.88. The van der Waals surface area contributed by atoms with Gasteiger partial charge in [-0.25, -0.2) is 0 Å². The summed E-state index contributed by atoms with van der Waals surface area (Å²) in [5, 5.41) is 6.13. The molecule has 2 rings (SSSR count). The third-order valence-electron chi connectivity index (χ3n) is 3.33. The summed E-state index contributed by atoms with van der Waals surface area (Å²) >= 11 is 3.64. The van der Waals surface area contributed by atoms with Crippen molar-refractivity contribution in [3.8, 4) is 0 Å². The van der Waals surface area contributed by atoms with Crippen molar-refractivity contribution in [2.24, 2.45) is 0 Å². The number of carbonyl (C=O) groups is 1. The van der Waals surface area contributed by atoms with E-state index in [-0.39, 0.29) is 11.9 Å². The Kier molecular flexibility index (Phi) is 4.82. The minimum absolute atomic E-state index is 0.0512. The van der Waals surface area contributed by atoms with Crippen molar-refractivity contribution in [3.63, 3.8) is 0 Å². The van der Waals surface area contributed by atoms with Crippen LogP contribution in [0, 0.1) is 0 Å². The molecule has 2 N–H and O–H groups in total. The molecule has 104 valence electrons. The SMILES string of the molecule is CNCc1ccc(N2CCC(NC(C)=O)C2)c(Br)c1. The fourth-order valence-corrected chi connectivity index (χ4v) is 3.18. The Morgan fingerprint density at radius 2 is 2.32 bits per heavy atom. The molecule has 5 heteroatoms. The number of amides is 1. The van der Waals surface area contributed by atoms with Gasteiger partial charge in [0.15, 0.2) is 0 Å². The smallest absolute Gasteiger partial charge is 0.217 e. The fraction of sp³-hybridized carbons (Fsp3) is 0.500. The minimum atomic E-state index is 0.0512. The number of benzene rings is 1. The Labute approximate surface area is 122 Å². The molecule has 0 bridgehead atoms. The number of halogens is 1. The summed E-state index contributed by atoms with van der Waals surface area (Å²) in [6, 6.07) is 6.70. The zero-order chi connectivity index (χ0) is 13.8. The molecular weight excluding hydrogens is 306 g/mol. The van der Waals surface area contributed by atoms with E-state index in [1.54, 1.807) is 6.92 Å². The van der Waals surface area contributed by atoms with E-state index in [9.17, 15) is 4.79 Å².